The van der Waals surface area contributed by atoms with Gasteiger partial charge in [0.1, 0.15) is 0 Å². The van der Waals surface area contributed by atoms with Crippen molar-refractivity contribution in [2.24, 2.45) is 11.1 Å². The number of amides is 1. The van der Waals surface area contributed by atoms with Crippen LogP contribution in [0.5, 0.6) is 0 Å². The van der Waals surface area contributed by atoms with Gasteiger partial charge in [-0.15, -0.1) is 12.4 Å². The molecule has 0 aliphatic heterocycles. The third-order valence-electron chi connectivity index (χ3n) is 3.34. The van der Waals surface area contributed by atoms with Crippen LogP contribution in [0.3, 0.4) is 0 Å². The third-order valence-corrected chi connectivity index (χ3v) is 3.34. The first kappa shape index (κ1) is 20.9. The van der Waals surface area contributed by atoms with E-state index in [0.29, 0.717) is 19.8 Å². The van der Waals surface area contributed by atoms with Gasteiger partial charge < -0.3 is 15.8 Å². The Labute approximate surface area is 140 Å². The van der Waals surface area contributed by atoms with E-state index in [1.807, 2.05) is 51.1 Å². The average molecular weight is 329 g/mol. The van der Waals surface area contributed by atoms with Crippen molar-refractivity contribution < 1.29 is 9.53 Å². The van der Waals surface area contributed by atoms with Crippen molar-refractivity contribution in [1.82, 2.24) is 5.32 Å². The lowest BCUT2D eigenvalue weighted by atomic mass is 9.87. The fourth-order valence-corrected chi connectivity index (χ4v) is 1.81. The van der Waals surface area contributed by atoms with E-state index in [2.05, 4.69) is 5.32 Å². The maximum Gasteiger partial charge on any atom is 0.237 e. The van der Waals surface area contributed by atoms with Crippen LogP contribution in [0.4, 0.5) is 0 Å². The predicted octanol–water partition coefficient (Wildman–Crippen LogP) is 2.89. The van der Waals surface area contributed by atoms with Crippen LogP contribution in [0, 0.1) is 5.41 Å². The molecule has 0 spiro atoms. The third kappa shape index (κ3) is 8.37. The Hall–Kier alpha value is -1.10. The molecule has 0 aliphatic rings. The fourth-order valence-electron chi connectivity index (χ4n) is 1.81. The maximum absolute atomic E-state index is 11.8. The lowest BCUT2D eigenvalue weighted by molar-refractivity contribution is -0.124. The topological polar surface area (TPSA) is 64.4 Å². The minimum Gasteiger partial charge on any atom is -0.377 e. The summed E-state index contributed by atoms with van der Waals surface area (Å²) in [6, 6.07) is 9.64. The molecule has 0 aliphatic carbocycles. The van der Waals surface area contributed by atoms with Crippen LogP contribution in [0.1, 0.15) is 39.2 Å². The number of rotatable bonds is 8. The van der Waals surface area contributed by atoms with E-state index < -0.39 is 6.04 Å². The van der Waals surface area contributed by atoms with Gasteiger partial charge in [-0.25, -0.2) is 0 Å². The summed E-state index contributed by atoms with van der Waals surface area (Å²) in [7, 11) is 0. The van der Waals surface area contributed by atoms with Crippen LogP contribution in [0.2, 0.25) is 0 Å². The number of nitrogens with two attached hydrogens (primary N) is 1. The van der Waals surface area contributed by atoms with Crippen molar-refractivity contribution >= 4 is 18.3 Å². The Morgan fingerprint density at radius 3 is 2.45 bits per heavy atom. The minimum atomic E-state index is -0.466. The second kappa shape index (κ2) is 10.6. The molecule has 126 valence electrons. The number of benzene rings is 1. The molecule has 3 N–H and O–H groups in total. The summed E-state index contributed by atoms with van der Waals surface area (Å²) in [4.78, 5) is 11.8. The number of ether oxygens (including phenoxy) is 1. The van der Waals surface area contributed by atoms with Crippen LogP contribution in [-0.2, 0) is 16.1 Å². The molecule has 0 saturated heterocycles. The van der Waals surface area contributed by atoms with E-state index in [1.54, 1.807) is 0 Å². The SMILES string of the molecule is CC(C)(C)[C@H](N)C(=O)NCCCCOCc1ccccc1.Cl. The van der Waals surface area contributed by atoms with Gasteiger partial charge in [0, 0.05) is 13.2 Å². The Kier molecular flexibility index (Phi) is 10.1. The largest absolute Gasteiger partial charge is 0.377 e. The summed E-state index contributed by atoms with van der Waals surface area (Å²) in [6.45, 7) is 7.90. The molecule has 0 bridgehead atoms. The van der Waals surface area contributed by atoms with Crippen LogP contribution >= 0.6 is 12.4 Å². The number of halogens is 1. The Morgan fingerprint density at radius 2 is 1.86 bits per heavy atom. The molecule has 1 atom stereocenters. The van der Waals surface area contributed by atoms with E-state index in [0.717, 1.165) is 12.8 Å². The van der Waals surface area contributed by atoms with Crippen LogP contribution in [0.15, 0.2) is 30.3 Å². The fraction of sp³-hybridized carbons (Fsp3) is 0.588. The summed E-state index contributed by atoms with van der Waals surface area (Å²) < 4.78 is 5.59. The maximum atomic E-state index is 11.8. The zero-order chi connectivity index (χ0) is 15.7. The molecular weight excluding hydrogens is 300 g/mol. The summed E-state index contributed by atoms with van der Waals surface area (Å²) in [5.74, 6) is -0.0762. The number of hydrogen-bond donors (Lipinski definition) is 2. The van der Waals surface area contributed by atoms with Gasteiger partial charge in [-0.1, -0.05) is 51.1 Å². The van der Waals surface area contributed by atoms with Gasteiger partial charge >= 0.3 is 0 Å². The van der Waals surface area contributed by atoms with Crippen molar-refractivity contribution in [1.29, 1.82) is 0 Å². The zero-order valence-corrected chi connectivity index (χ0v) is 14.6. The molecule has 5 heteroatoms. The second-order valence-corrected chi connectivity index (χ2v) is 6.38. The number of nitrogens with one attached hydrogen (secondary N) is 1. The normalized spacial score (nSPS) is 12.4. The lowest BCUT2D eigenvalue weighted by Crippen LogP contribution is -2.48. The number of unbranched alkanes of at least 4 members (excludes halogenated alkanes) is 1. The Bertz CT molecular complexity index is 418. The van der Waals surface area contributed by atoms with E-state index in [1.165, 1.54) is 5.56 Å². The first-order valence-corrected chi connectivity index (χ1v) is 7.56. The molecular formula is C17H29ClN2O2. The quantitative estimate of drug-likeness (QED) is 0.721. The summed E-state index contributed by atoms with van der Waals surface area (Å²) in [5.41, 5.74) is 6.86. The van der Waals surface area contributed by atoms with Gasteiger partial charge in [-0.3, -0.25) is 4.79 Å². The average Bonchev–Trinajstić information content (AvgIpc) is 2.45. The minimum absolute atomic E-state index is 0. The van der Waals surface area contributed by atoms with Gasteiger partial charge in [0.05, 0.1) is 12.6 Å². The van der Waals surface area contributed by atoms with Gasteiger partial charge in [0.15, 0.2) is 0 Å². The molecule has 0 saturated carbocycles. The van der Waals surface area contributed by atoms with E-state index in [-0.39, 0.29) is 23.7 Å². The van der Waals surface area contributed by atoms with Crippen LogP contribution < -0.4 is 11.1 Å². The van der Waals surface area contributed by atoms with Gasteiger partial charge in [0.25, 0.3) is 0 Å². The molecule has 0 radical (unpaired) electrons. The predicted molar refractivity (Wildman–Crippen MR) is 93.0 cm³/mol. The lowest BCUT2D eigenvalue weighted by Gasteiger charge is -2.25. The summed E-state index contributed by atoms with van der Waals surface area (Å²) in [5, 5.41) is 2.88. The van der Waals surface area contributed by atoms with E-state index in [9.17, 15) is 4.79 Å². The molecule has 0 unspecified atom stereocenters. The zero-order valence-electron chi connectivity index (χ0n) is 13.8. The Balaban J connectivity index is 0.00000441. The van der Waals surface area contributed by atoms with Crippen LogP contribution in [-0.4, -0.2) is 25.1 Å². The first-order chi connectivity index (χ1) is 9.91. The van der Waals surface area contributed by atoms with E-state index in [4.69, 9.17) is 10.5 Å². The van der Waals surface area contributed by atoms with Crippen molar-refractivity contribution in [2.75, 3.05) is 13.2 Å². The van der Waals surface area contributed by atoms with E-state index >= 15 is 0 Å². The highest BCUT2D eigenvalue weighted by molar-refractivity contribution is 5.85. The first-order valence-electron chi connectivity index (χ1n) is 7.56. The monoisotopic (exact) mass is 328 g/mol. The number of hydrogen-bond acceptors (Lipinski definition) is 3. The Morgan fingerprint density at radius 1 is 1.23 bits per heavy atom. The van der Waals surface area contributed by atoms with Crippen LogP contribution in [0.25, 0.3) is 0 Å². The second-order valence-electron chi connectivity index (χ2n) is 6.38. The highest BCUT2D eigenvalue weighted by Gasteiger charge is 2.26. The van der Waals surface area contributed by atoms with Gasteiger partial charge in [0.2, 0.25) is 5.91 Å². The standard InChI is InChI=1S/C17H28N2O2.ClH/c1-17(2,3)15(18)16(20)19-11-7-8-12-21-13-14-9-5-4-6-10-14;/h4-6,9-10,15H,7-8,11-13,18H2,1-3H3,(H,19,20);1H/t15-;/m1./s1. The summed E-state index contributed by atoms with van der Waals surface area (Å²) in [6.07, 6.45) is 1.83. The number of carbonyl (C=O) groups is 1. The van der Waals surface area contributed by atoms with Crippen molar-refractivity contribution in [2.45, 2.75) is 46.3 Å². The molecule has 0 aromatic heterocycles. The molecule has 1 aromatic rings. The highest BCUT2D eigenvalue weighted by Crippen LogP contribution is 2.17. The van der Waals surface area contributed by atoms with Gasteiger partial charge in [-0.05, 0) is 23.8 Å². The molecule has 22 heavy (non-hydrogen) atoms. The molecule has 1 rings (SSSR count). The molecule has 4 nitrogen and oxygen atoms in total. The molecule has 0 fully saturated rings. The smallest absolute Gasteiger partial charge is 0.237 e. The number of carbonyl (C=O) groups excluding carboxylic acids is 1. The molecule has 1 aromatic carbocycles. The van der Waals surface area contributed by atoms with Crippen molar-refractivity contribution in [3.05, 3.63) is 35.9 Å². The highest BCUT2D eigenvalue weighted by atomic mass is 35.5. The van der Waals surface area contributed by atoms with Crippen molar-refractivity contribution in [3.63, 3.8) is 0 Å². The molecule has 1 amide bonds. The summed E-state index contributed by atoms with van der Waals surface area (Å²) >= 11 is 0. The molecule has 0 heterocycles. The van der Waals surface area contributed by atoms with Crippen molar-refractivity contribution in [3.8, 4) is 0 Å². The van der Waals surface area contributed by atoms with Gasteiger partial charge in [-0.2, -0.15) is 0 Å².